The molecule has 0 atom stereocenters. The Bertz CT molecular complexity index is 1020. The summed E-state index contributed by atoms with van der Waals surface area (Å²) in [6, 6.07) is 4.12. The zero-order valence-corrected chi connectivity index (χ0v) is 14.2. The molecule has 126 valence electrons. The highest BCUT2D eigenvalue weighted by atomic mass is 15.2. The minimum atomic E-state index is 0.326. The summed E-state index contributed by atoms with van der Waals surface area (Å²) in [4.78, 5) is 21.8. The van der Waals surface area contributed by atoms with E-state index in [1.165, 1.54) is 0 Å². The fourth-order valence-electron chi connectivity index (χ4n) is 2.89. The molecule has 0 spiro atoms. The van der Waals surface area contributed by atoms with Gasteiger partial charge in [0.1, 0.15) is 29.3 Å². The van der Waals surface area contributed by atoms with Gasteiger partial charge in [-0.05, 0) is 26.8 Å². The number of rotatable bonds is 4. The molecule has 0 saturated heterocycles. The first-order valence-corrected chi connectivity index (χ1v) is 8.05. The highest BCUT2D eigenvalue weighted by Crippen LogP contribution is 2.23. The van der Waals surface area contributed by atoms with Crippen molar-refractivity contribution in [2.45, 2.75) is 26.8 Å². The lowest BCUT2D eigenvalue weighted by molar-refractivity contribution is 0.600. The zero-order valence-electron chi connectivity index (χ0n) is 14.2. The highest BCUT2D eigenvalue weighted by molar-refractivity contribution is 5.79. The molecule has 1 N–H and O–H groups in total. The van der Waals surface area contributed by atoms with Gasteiger partial charge < -0.3 is 9.88 Å². The van der Waals surface area contributed by atoms with Crippen LogP contribution in [-0.4, -0.2) is 34.1 Å². The molecule has 0 unspecified atom stereocenters. The summed E-state index contributed by atoms with van der Waals surface area (Å²) in [5, 5.41) is 3.24. The second-order valence-corrected chi connectivity index (χ2v) is 6.02. The van der Waals surface area contributed by atoms with Gasteiger partial charge in [-0.25, -0.2) is 19.9 Å². The molecule has 0 saturated carbocycles. The predicted octanol–water partition coefficient (Wildman–Crippen LogP) is 3.04. The molecule has 0 aromatic carbocycles. The number of nitrogens with zero attached hydrogens (tertiary/aromatic N) is 7. The number of anilines is 2. The third-order valence-corrected chi connectivity index (χ3v) is 3.90. The van der Waals surface area contributed by atoms with Gasteiger partial charge in [0, 0.05) is 30.7 Å². The van der Waals surface area contributed by atoms with Crippen molar-refractivity contribution in [1.82, 2.24) is 34.1 Å². The minimum Gasteiger partial charge on any atom is -0.326 e. The number of aromatic nitrogens is 7. The van der Waals surface area contributed by atoms with Crippen molar-refractivity contribution in [1.29, 1.82) is 0 Å². The van der Waals surface area contributed by atoms with Crippen LogP contribution in [0.25, 0.3) is 17.0 Å². The van der Waals surface area contributed by atoms with Crippen molar-refractivity contribution >= 4 is 22.7 Å². The summed E-state index contributed by atoms with van der Waals surface area (Å²) in [6.07, 6.45) is 8.63. The van der Waals surface area contributed by atoms with E-state index in [4.69, 9.17) is 0 Å². The Morgan fingerprint density at radius 2 is 1.96 bits per heavy atom. The number of imidazole rings is 2. The zero-order chi connectivity index (χ0) is 17.4. The van der Waals surface area contributed by atoms with Crippen molar-refractivity contribution in [3.63, 3.8) is 0 Å². The molecule has 0 aliphatic heterocycles. The first kappa shape index (κ1) is 15.3. The number of nitrogens with one attached hydrogen (secondary N) is 1. The number of hydrogen-bond donors (Lipinski definition) is 1. The van der Waals surface area contributed by atoms with E-state index in [-0.39, 0.29) is 0 Å². The van der Waals surface area contributed by atoms with Crippen LogP contribution in [-0.2, 0) is 0 Å². The van der Waals surface area contributed by atoms with E-state index in [1.807, 2.05) is 13.0 Å². The highest BCUT2D eigenvalue weighted by Gasteiger charge is 2.12. The lowest BCUT2D eigenvalue weighted by Gasteiger charge is -2.11. The van der Waals surface area contributed by atoms with E-state index in [2.05, 4.69) is 48.7 Å². The molecule has 0 fully saturated rings. The normalized spacial score (nSPS) is 11.4. The van der Waals surface area contributed by atoms with Crippen molar-refractivity contribution in [2.24, 2.45) is 0 Å². The first-order valence-electron chi connectivity index (χ1n) is 8.05. The van der Waals surface area contributed by atoms with Crippen LogP contribution < -0.4 is 5.32 Å². The molecule has 0 amide bonds. The fourth-order valence-corrected chi connectivity index (χ4v) is 2.89. The number of fused-ring (bicyclic) bond motifs is 1. The SMILES string of the molecule is Cc1nc2cnc(Nc3ccnc(-n4ccnc4)n3)cc2n1C(C)C. The fraction of sp³-hybridized carbons (Fsp3) is 0.235. The van der Waals surface area contributed by atoms with Crippen molar-refractivity contribution in [2.75, 3.05) is 5.32 Å². The Hall–Kier alpha value is -3.29. The molecule has 0 bridgehead atoms. The molecule has 8 heteroatoms. The van der Waals surface area contributed by atoms with E-state index >= 15 is 0 Å². The summed E-state index contributed by atoms with van der Waals surface area (Å²) in [6.45, 7) is 6.29. The summed E-state index contributed by atoms with van der Waals surface area (Å²) < 4.78 is 3.94. The van der Waals surface area contributed by atoms with Crippen molar-refractivity contribution in [3.05, 3.63) is 49.1 Å². The van der Waals surface area contributed by atoms with Crippen LogP contribution in [0.4, 0.5) is 11.6 Å². The van der Waals surface area contributed by atoms with Gasteiger partial charge in [0.05, 0.1) is 11.7 Å². The molecule has 4 rings (SSSR count). The lowest BCUT2D eigenvalue weighted by Crippen LogP contribution is -2.04. The Kier molecular flexibility index (Phi) is 3.64. The summed E-state index contributed by atoms with van der Waals surface area (Å²) in [5.41, 5.74) is 1.94. The second-order valence-electron chi connectivity index (χ2n) is 6.02. The van der Waals surface area contributed by atoms with Gasteiger partial charge in [-0.2, -0.15) is 4.98 Å². The molecule has 25 heavy (non-hydrogen) atoms. The quantitative estimate of drug-likeness (QED) is 0.617. The van der Waals surface area contributed by atoms with E-state index in [1.54, 1.807) is 41.7 Å². The molecule has 4 aromatic rings. The molecule has 4 aromatic heterocycles. The Labute approximate surface area is 144 Å². The molecular weight excluding hydrogens is 316 g/mol. The van der Waals surface area contributed by atoms with Gasteiger partial charge in [0.2, 0.25) is 5.95 Å². The van der Waals surface area contributed by atoms with Crippen molar-refractivity contribution < 1.29 is 0 Å². The molecular formula is C17H18N8. The Morgan fingerprint density at radius 1 is 1.08 bits per heavy atom. The molecule has 0 aliphatic rings. The van der Waals surface area contributed by atoms with Crippen LogP contribution in [0.15, 0.2) is 43.2 Å². The molecule has 0 radical (unpaired) electrons. The van der Waals surface area contributed by atoms with E-state index in [0.717, 1.165) is 16.9 Å². The summed E-state index contributed by atoms with van der Waals surface area (Å²) in [7, 11) is 0. The minimum absolute atomic E-state index is 0.326. The Morgan fingerprint density at radius 3 is 2.72 bits per heavy atom. The number of hydrogen-bond acceptors (Lipinski definition) is 6. The topological polar surface area (TPSA) is 86.3 Å². The van der Waals surface area contributed by atoms with E-state index in [0.29, 0.717) is 23.6 Å². The maximum absolute atomic E-state index is 4.57. The molecule has 4 heterocycles. The maximum Gasteiger partial charge on any atom is 0.236 e. The smallest absolute Gasteiger partial charge is 0.236 e. The second kappa shape index (κ2) is 5.97. The van der Waals surface area contributed by atoms with Gasteiger partial charge in [-0.15, -0.1) is 0 Å². The van der Waals surface area contributed by atoms with Crippen LogP contribution in [0.2, 0.25) is 0 Å². The van der Waals surface area contributed by atoms with Crippen LogP contribution in [0.1, 0.15) is 25.7 Å². The standard InChI is InChI=1S/C17H18N8/c1-11(2)25-12(3)21-13-9-20-16(8-14(13)25)22-15-4-5-19-17(23-15)24-7-6-18-10-24/h4-11H,1-3H3,(H,19,20,22,23). The first-order chi connectivity index (χ1) is 12.1. The van der Waals surface area contributed by atoms with Crippen LogP contribution in [0.5, 0.6) is 0 Å². The average molecular weight is 334 g/mol. The van der Waals surface area contributed by atoms with Crippen LogP contribution in [0.3, 0.4) is 0 Å². The van der Waals surface area contributed by atoms with Gasteiger partial charge in [-0.1, -0.05) is 0 Å². The molecule has 8 nitrogen and oxygen atoms in total. The van der Waals surface area contributed by atoms with Crippen LogP contribution >= 0.6 is 0 Å². The number of pyridine rings is 1. The van der Waals surface area contributed by atoms with Gasteiger partial charge >= 0.3 is 0 Å². The lowest BCUT2D eigenvalue weighted by atomic mass is 10.3. The van der Waals surface area contributed by atoms with Gasteiger partial charge in [0.15, 0.2) is 0 Å². The van der Waals surface area contributed by atoms with Gasteiger partial charge in [-0.3, -0.25) is 4.57 Å². The summed E-state index contributed by atoms with van der Waals surface area (Å²) in [5.74, 6) is 2.91. The number of aryl methyl sites for hydroxylation is 1. The molecule has 0 aliphatic carbocycles. The summed E-state index contributed by atoms with van der Waals surface area (Å²) >= 11 is 0. The van der Waals surface area contributed by atoms with Gasteiger partial charge in [0.25, 0.3) is 0 Å². The predicted molar refractivity (Wildman–Crippen MR) is 95.1 cm³/mol. The van der Waals surface area contributed by atoms with E-state index < -0.39 is 0 Å². The Balaban J connectivity index is 1.69. The average Bonchev–Trinajstić information content (AvgIpc) is 3.21. The van der Waals surface area contributed by atoms with Crippen molar-refractivity contribution in [3.8, 4) is 5.95 Å². The van der Waals surface area contributed by atoms with Crippen LogP contribution in [0, 0.1) is 6.92 Å². The third-order valence-electron chi connectivity index (χ3n) is 3.90. The largest absolute Gasteiger partial charge is 0.326 e. The maximum atomic E-state index is 4.57. The monoisotopic (exact) mass is 334 g/mol. The third kappa shape index (κ3) is 2.82. The van der Waals surface area contributed by atoms with E-state index in [9.17, 15) is 0 Å².